The van der Waals surface area contributed by atoms with Crippen molar-refractivity contribution >= 4 is 15.9 Å². The van der Waals surface area contributed by atoms with Crippen molar-refractivity contribution in [3.8, 4) is 0 Å². The molecule has 1 aromatic carbocycles. The van der Waals surface area contributed by atoms with Gasteiger partial charge in [0.2, 0.25) is 0 Å². The van der Waals surface area contributed by atoms with Gasteiger partial charge in [0.25, 0.3) is 0 Å². The fourth-order valence-corrected chi connectivity index (χ4v) is 2.52. The van der Waals surface area contributed by atoms with Crippen LogP contribution in [0.25, 0.3) is 0 Å². The highest BCUT2D eigenvalue weighted by Gasteiger charge is 2.22. The van der Waals surface area contributed by atoms with Gasteiger partial charge in [-0.1, -0.05) is 34.1 Å². The van der Waals surface area contributed by atoms with E-state index in [1.54, 1.807) is 0 Å². The summed E-state index contributed by atoms with van der Waals surface area (Å²) in [5.41, 5.74) is 1.37. The fourth-order valence-electron chi connectivity index (χ4n) is 2.07. The number of ether oxygens (including phenoxy) is 1. The molecule has 1 atom stereocenters. The lowest BCUT2D eigenvalue weighted by molar-refractivity contribution is 0.109. The number of halogens is 1. The van der Waals surface area contributed by atoms with Crippen LogP contribution in [0.5, 0.6) is 0 Å². The summed E-state index contributed by atoms with van der Waals surface area (Å²) in [5, 5.41) is 3.61. The van der Waals surface area contributed by atoms with Crippen molar-refractivity contribution in [3.63, 3.8) is 0 Å². The van der Waals surface area contributed by atoms with Crippen LogP contribution in [-0.2, 0) is 11.2 Å². The number of rotatable bonds is 8. The molecular weight excluding hydrogens is 290 g/mol. The Morgan fingerprint density at radius 1 is 1.39 bits per heavy atom. The number of nitrogens with one attached hydrogen (secondary N) is 1. The fraction of sp³-hybridized carbons (Fsp3) is 0.600. The van der Waals surface area contributed by atoms with E-state index in [1.165, 1.54) is 22.9 Å². The van der Waals surface area contributed by atoms with Crippen LogP contribution >= 0.6 is 15.9 Å². The van der Waals surface area contributed by atoms with Crippen molar-refractivity contribution in [3.05, 3.63) is 34.3 Å². The maximum absolute atomic E-state index is 5.61. The lowest BCUT2D eigenvalue weighted by Crippen LogP contribution is -2.29. The molecule has 0 aromatic heterocycles. The minimum atomic E-state index is 0.559. The molecule has 3 heteroatoms. The van der Waals surface area contributed by atoms with E-state index in [0.29, 0.717) is 5.92 Å². The van der Waals surface area contributed by atoms with E-state index in [2.05, 4.69) is 52.4 Å². The smallest absolute Gasteiger partial charge is 0.0509 e. The summed E-state index contributed by atoms with van der Waals surface area (Å²) in [7, 11) is 0. The highest BCUT2D eigenvalue weighted by atomic mass is 79.9. The van der Waals surface area contributed by atoms with E-state index in [4.69, 9.17) is 4.74 Å². The summed E-state index contributed by atoms with van der Waals surface area (Å²) in [6, 6.07) is 9.25. The standard InChI is InChI=1S/C15H22BrNO/c1-2-18-11-12(10-17-14-7-8-14)9-13-5-3-4-6-15(13)16/h3-6,12,14,17H,2,7-11H2,1H3. The molecule has 1 fully saturated rings. The summed E-state index contributed by atoms with van der Waals surface area (Å²) >= 11 is 3.62. The lowest BCUT2D eigenvalue weighted by Gasteiger charge is -2.18. The summed E-state index contributed by atoms with van der Waals surface area (Å²) in [6.07, 6.45) is 3.76. The molecule has 0 heterocycles. The largest absolute Gasteiger partial charge is 0.381 e. The Kier molecular flexibility index (Phi) is 5.67. The van der Waals surface area contributed by atoms with E-state index >= 15 is 0 Å². The van der Waals surface area contributed by atoms with Crippen LogP contribution in [0.1, 0.15) is 25.3 Å². The highest BCUT2D eigenvalue weighted by Crippen LogP contribution is 2.22. The molecule has 1 aromatic rings. The van der Waals surface area contributed by atoms with E-state index in [-0.39, 0.29) is 0 Å². The van der Waals surface area contributed by atoms with Crippen LogP contribution in [0.3, 0.4) is 0 Å². The average molecular weight is 312 g/mol. The molecule has 0 saturated heterocycles. The zero-order valence-corrected chi connectivity index (χ0v) is 12.6. The van der Waals surface area contributed by atoms with E-state index in [9.17, 15) is 0 Å². The van der Waals surface area contributed by atoms with Gasteiger partial charge in [-0.3, -0.25) is 0 Å². The first kappa shape index (κ1) is 14.0. The van der Waals surface area contributed by atoms with Gasteiger partial charge < -0.3 is 10.1 Å². The van der Waals surface area contributed by atoms with Gasteiger partial charge in [-0.05, 0) is 43.7 Å². The molecule has 100 valence electrons. The van der Waals surface area contributed by atoms with Gasteiger partial charge in [-0.25, -0.2) is 0 Å². The van der Waals surface area contributed by atoms with Gasteiger partial charge in [-0.15, -0.1) is 0 Å². The zero-order chi connectivity index (χ0) is 12.8. The van der Waals surface area contributed by atoms with Crippen molar-refractivity contribution < 1.29 is 4.74 Å². The molecule has 1 aliphatic carbocycles. The monoisotopic (exact) mass is 311 g/mol. The second-order valence-electron chi connectivity index (χ2n) is 5.00. The predicted molar refractivity (Wildman–Crippen MR) is 78.9 cm³/mol. The third kappa shape index (κ3) is 4.71. The predicted octanol–water partition coefficient (Wildman–Crippen LogP) is 3.40. The SMILES string of the molecule is CCOCC(CNC1CC1)Cc1ccccc1Br. The molecule has 0 aliphatic heterocycles. The first-order chi connectivity index (χ1) is 8.79. The summed E-state index contributed by atoms with van der Waals surface area (Å²) in [6.45, 7) is 4.77. The maximum atomic E-state index is 5.61. The minimum absolute atomic E-state index is 0.559. The average Bonchev–Trinajstić information content (AvgIpc) is 3.19. The first-order valence-corrected chi connectivity index (χ1v) is 7.63. The topological polar surface area (TPSA) is 21.3 Å². The van der Waals surface area contributed by atoms with Crippen LogP contribution < -0.4 is 5.32 Å². The van der Waals surface area contributed by atoms with Crippen molar-refractivity contribution in [2.24, 2.45) is 5.92 Å². The van der Waals surface area contributed by atoms with Gasteiger partial charge >= 0.3 is 0 Å². The Morgan fingerprint density at radius 2 is 2.17 bits per heavy atom. The Hall–Kier alpha value is -0.380. The first-order valence-electron chi connectivity index (χ1n) is 6.84. The van der Waals surface area contributed by atoms with Crippen molar-refractivity contribution in [1.29, 1.82) is 0 Å². The Bertz CT molecular complexity index is 365. The van der Waals surface area contributed by atoms with E-state index in [0.717, 1.165) is 32.2 Å². The highest BCUT2D eigenvalue weighted by molar-refractivity contribution is 9.10. The summed E-state index contributed by atoms with van der Waals surface area (Å²) < 4.78 is 6.81. The molecule has 1 unspecified atom stereocenters. The molecule has 2 nitrogen and oxygen atoms in total. The van der Waals surface area contributed by atoms with Crippen LogP contribution in [-0.4, -0.2) is 25.8 Å². The molecule has 0 amide bonds. The molecule has 1 aliphatic rings. The summed E-state index contributed by atoms with van der Waals surface area (Å²) in [4.78, 5) is 0. The second kappa shape index (κ2) is 7.27. The van der Waals surface area contributed by atoms with Crippen molar-refractivity contribution in [2.45, 2.75) is 32.2 Å². The van der Waals surface area contributed by atoms with Gasteiger partial charge in [0.05, 0.1) is 6.61 Å². The van der Waals surface area contributed by atoms with Gasteiger partial charge in [0.1, 0.15) is 0 Å². The second-order valence-corrected chi connectivity index (χ2v) is 5.86. The van der Waals surface area contributed by atoms with E-state index in [1.807, 2.05) is 0 Å². The maximum Gasteiger partial charge on any atom is 0.0509 e. The van der Waals surface area contributed by atoms with Crippen LogP contribution in [0.4, 0.5) is 0 Å². The van der Waals surface area contributed by atoms with Gasteiger partial charge in [-0.2, -0.15) is 0 Å². The molecule has 1 N–H and O–H groups in total. The Balaban J connectivity index is 1.87. The van der Waals surface area contributed by atoms with Crippen LogP contribution in [0.15, 0.2) is 28.7 Å². The normalized spacial score (nSPS) is 16.8. The lowest BCUT2D eigenvalue weighted by atomic mass is 10.00. The third-order valence-electron chi connectivity index (χ3n) is 3.30. The van der Waals surface area contributed by atoms with Crippen LogP contribution in [0.2, 0.25) is 0 Å². The molecule has 18 heavy (non-hydrogen) atoms. The zero-order valence-electron chi connectivity index (χ0n) is 11.0. The molecule has 2 rings (SSSR count). The number of benzene rings is 1. The Labute approximate surface area is 118 Å². The molecular formula is C15H22BrNO. The molecule has 0 bridgehead atoms. The third-order valence-corrected chi connectivity index (χ3v) is 4.07. The van der Waals surface area contributed by atoms with Gasteiger partial charge in [0.15, 0.2) is 0 Å². The Morgan fingerprint density at radius 3 is 2.83 bits per heavy atom. The van der Waals surface area contributed by atoms with Crippen molar-refractivity contribution in [1.82, 2.24) is 5.32 Å². The minimum Gasteiger partial charge on any atom is -0.381 e. The quantitative estimate of drug-likeness (QED) is 0.794. The van der Waals surface area contributed by atoms with E-state index < -0.39 is 0 Å². The summed E-state index contributed by atoms with van der Waals surface area (Å²) in [5.74, 6) is 0.559. The van der Waals surface area contributed by atoms with Crippen LogP contribution in [0, 0.1) is 5.92 Å². The number of hydrogen-bond acceptors (Lipinski definition) is 2. The number of hydrogen-bond donors (Lipinski definition) is 1. The van der Waals surface area contributed by atoms with Crippen molar-refractivity contribution in [2.75, 3.05) is 19.8 Å². The molecule has 0 spiro atoms. The molecule has 0 radical (unpaired) electrons. The van der Waals surface area contributed by atoms with Gasteiger partial charge in [0, 0.05) is 23.7 Å². The molecule has 1 saturated carbocycles.